The monoisotopic (exact) mass is 301 g/mol. The zero-order valence-electron chi connectivity index (χ0n) is 13.4. The van der Waals surface area contributed by atoms with E-state index >= 15 is 0 Å². The van der Waals surface area contributed by atoms with Gasteiger partial charge in [0.2, 0.25) is 0 Å². The third kappa shape index (κ3) is 27.7. The van der Waals surface area contributed by atoms with Crippen molar-refractivity contribution in [1.82, 2.24) is 5.32 Å². The van der Waals surface area contributed by atoms with Crippen LogP contribution < -0.4 is 5.32 Å². The highest BCUT2D eigenvalue weighted by molar-refractivity contribution is 5.89. The summed E-state index contributed by atoms with van der Waals surface area (Å²) in [5.41, 5.74) is 0. The van der Waals surface area contributed by atoms with Crippen LogP contribution in [0.2, 0.25) is 0 Å². The van der Waals surface area contributed by atoms with Crippen molar-refractivity contribution in [3.05, 3.63) is 12.2 Å². The van der Waals surface area contributed by atoms with E-state index in [9.17, 15) is 9.59 Å². The Bertz CT molecular complexity index is 251. The maximum Gasteiger partial charge on any atom is 0.328 e. The molecule has 0 atom stereocenters. The summed E-state index contributed by atoms with van der Waals surface area (Å²) in [7, 11) is 0. The molecule has 0 radical (unpaired) electrons. The van der Waals surface area contributed by atoms with E-state index in [2.05, 4.69) is 19.2 Å². The second kappa shape index (κ2) is 18.6. The largest absolute Gasteiger partial charge is 0.478 e. The minimum atomic E-state index is -1.26. The molecule has 0 amide bonds. The molecular formula is C16H31NO4. The van der Waals surface area contributed by atoms with Gasteiger partial charge in [0.25, 0.3) is 0 Å². The summed E-state index contributed by atoms with van der Waals surface area (Å²) >= 11 is 0. The minimum absolute atomic E-state index is 0.558. The fraction of sp³-hybridized carbons (Fsp3) is 0.750. The second-order valence-corrected chi connectivity index (χ2v) is 4.88. The summed E-state index contributed by atoms with van der Waals surface area (Å²) in [6, 6.07) is 0. The van der Waals surface area contributed by atoms with Crippen molar-refractivity contribution in [3.8, 4) is 0 Å². The van der Waals surface area contributed by atoms with Crippen LogP contribution in [0.25, 0.3) is 0 Å². The molecule has 0 spiro atoms. The Morgan fingerprint density at radius 2 is 1.14 bits per heavy atom. The first-order valence-corrected chi connectivity index (χ1v) is 7.89. The van der Waals surface area contributed by atoms with E-state index in [1.165, 1.54) is 64.5 Å². The van der Waals surface area contributed by atoms with Gasteiger partial charge in [-0.2, -0.15) is 0 Å². The van der Waals surface area contributed by atoms with Gasteiger partial charge in [-0.1, -0.05) is 52.4 Å². The summed E-state index contributed by atoms with van der Waals surface area (Å²) in [6.45, 7) is 6.98. The topological polar surface area (TPSA) is 86.6 Å². The zero-order chi connectivity index (χ0) is 16.3. The van der Waals surface area contributed by atoms with Crippen LogP contribution in [0.4, 0.5) is 0 Å². The number of hydrogen-bond donors (Lipinski definition) is 3. The van der Waals surface area contributed by atoms with Gasteiger partial charge < -0.3 is 15.5 Å². The molecule has 21 heavy (non-hydrogen) atoms. The molecule has 5 heteroatoms. The lowest BCUT2D eigenvalue weighted by molar-refractivity contribution is -0.134. The number of nitrogens with one attached hydrogen (secondary N) is 1. The van der Waals surface area contributed by atoms with Crippen LogP contribution >= 0.6 is 0 Å². The summed E-state index contributed by atoms with van der Waals surface area (Å²) in [6.07, 6.45) is 12.1. The predicted octanol–water partition coefficient (Wildman–Crippen LogP) is 3.45. The first-order valence-electron chi connectivity index (χ1n) is 7.89. The van der Waals surface area contributed by atoms with Gasteiger partial charge in [-0.25, -0.2) is 9.59 Å². The molecule has 0 bridgehead atoms. The Hall–Kier alpha value is -1.36. The van der Waals surface area contributed by atoms with Crippen LogP contribution in [0.3, 0.4) is 0 Å². The number of hydrogen-bond acceptors (Lipinski definition) is 3. The highest BCUT2D eigenvalue weighted by Crippen LogP contribution is 1.98. The lowest BCUT2D eigenvalue weighted by atomic mass is 10.2. The molecule has 0 aliphatic rings. The first-order chi connectivity index (χ1) is 10.0. The fourth-order valence-corrected chi connectivity index (χ4v) is 1.62. The molecule has 0 aromatic rings. The molecule has 0 aromatic heterocycles. The Balaban J connectivity index is 0. The Labute approximate surface area is 128 Å². The lowest BCUT2D eigenvalue weighted by Crippen LogP contribution is -2.16. The van der Waals surface area contributed by atoms with Crippen LogP contribution in [0.1, 0.15) is 65.2 Å². The van der Waals surface area contributed by atoms with E-state index in [1.807, 2.05) is 0 Å². The van der Waals surface area contributed by atoms with Gasteiger partial charge in [0, 0.05) is 12.2 Å². The molecule has 0 saturated heterocycles. The van der Waals surface area contributed by atoms with Crippen molar-refractivity contribution in [3.63, 3.8) is 0 Å². The maximum absolute atomic E-state index is 9.55. The van der Waals surface area contributed by atoms with Crippen molar-refractivity contribution in [2.45, 2.75) is 65.2 Å². The molecule has 3 N–H and O–H groups in total. The average molecular weight is 301 g/mol. The van der Waals surface area contributed by atoms with E-state index < -0.39 is 11.9 Å². The van der Waals surface area contributed by atoms with Gasteiger partial charge in [0.15, 0.2) is 0 Å². The smallest absolute Gasteiger partial charge is 0.328 e. The third-order valence-corrected chi connectivity index (χ3v) is 2.78. The van der Waals surface area contributed by atoms with Gasteiger partial charge in [-0.3, -0.25) is 0 Å². The van der Waals surface area contributed by atoms with Gasteiger partial charge in [0.05, 0.1) is 0 Å². The summed E-state index contributed by atoms with van der Waals surface area (Å²) in [5, 5.41) is 19.1. The molecule has 0 aromatic carbocycles. The van der Waals surface area contributed by atoms with E-state index in [0.29, 0.717) is 12.2 Å². The van der Waals surface area contributed by atoms with E-state index in [0.717, 1.165) is 0 Å². The number of unbranched alkanes of at least 4 members (excludes halogenated alkanes) is 6. The minimum Gasteiger partial charge on any atom is -0.478 e. The molecular weight excluding hydrogens is 270 g/mol. The number of rotatable bonds is 12. The molecule has 0 unspecified atom stereocenters. The lowest BCUT2D eigenvalue weighted by Gasteiger charge is -2.03. The highest BCUT2D eigenvalue weighted by Gasteiger charge is 1.89. The van der Waals surface area contributed by atoms with Crippen molar-refractivity contribution >= 4 is 11.9 Å². The van der Waals surface area contributed by atoms with E-state index in [4.69, 9.17) is 10.2 Å². The van der Waals surface area contributed by atoms with Gasteiger partial charge in [0.1, 0.15) is 0 Å². The van der Waals surface area contributed by atoms with Crippen molar-refractivity contribution in [2.75, 3.05) is 13.1 Å². The molecule has 0 aliphatic heterocycles. The summed E-state index contributed by atoms with van der Waals surface area (Å²) in [5.74, 6) is -2.51. The van der Waals surface area contributed by atoms with E-state index in [-0.39, 0.29) is 0 Å². The van der Waals surface area contributed by atoms with Crippen LogP contribution in [0, 0.1) is 0 Å². The zero-order valence-corrected chi connectivity index (χ0v) is 13.4. The molecule has 0 heterocycles. The standard InChI is InChI=1S/C12H27N.C4H4O4/c1-3-5-7-9-11-13-12-10-8-6-4-2;5-3(6)1-2-4(7)8/h13H,3-12H2,1-2H3;1-2H,(H,5,6)(H,7,8)/b;2-1-. The third-order valence-electron chi connectivity index (χ3n) is 2.78. The Kier molecular flexibility index (Phi) is 19.5. The average Bonchev–Trinajstić information content (AvgIpc) is 2.44. The number of carboxylic acids is 2. The van der Waals surface area contributed by atoms with Crippen molar-refractivity contribution < 1.29 is 19.8 Å². The maximum atomic E-state index is 9.55. The number of carboxylic acid groups (broad SMARTS) is 2. The summed E-state index contributed by atoms with van der Waals surface area (Å²) in [4.78, 5) is 19.1. The summed E-state index contributed by atoms with van der Waals surface area (Å²) < 4.78 is 0. The molecule has 124 valence electrons. The van der Waals surface area contributed by atoms with Gasteiger partial charge in [-0.05, 0) is 25.9 Å². The van der Waals surface area contributed by atoms with Crippen LogP contribution in [0.15, 0.2) is 12.2 Å². The van der Waals surface area contributed by atoms with Crippen LogP contribution in [0.5, 0.6) is 0 Å². The molecule has 0 saturated carbocycles. The van der Waals surface area contributed by atoms with Gasteiger partial charge >= 0.3 is 11.9 Å². The normalized spacial score (nSPS) is 10.2. The highest BCUT2D eigenvalue weighted by atomic mass is 16.4. The molecule has 5 nitrogen and oxygen atoms in total. The van der Waals surface area contributed by atoms with Crippen molar-refractivity contribution in [1.29, 1.82) is 0 Å². The quantitative estimate of drug-likeness (QED) is 0.379. The van der Waals surface area contributed by atoms with E-state index in [1.54, 1.807) is 0 Å². The van der Waals surface area contributed by atoms with Crippen LogP contribution in [-0.2, 0) is 9.59 Å². The SMILES string of the molecule is CCCCCCNCCCCCC.O=C(O)/C=C\C(=O)O. The number of carbonyl (C=O) groups is 2. The molecule has 0 rings (SSSR count). The molecule has 0 aliphatic carbocycles. The van der Waals surface area contributed by atoms with Crippen LogP contribution in [-0.4, -0.2) is 35.2 Å². The fourth-order valence-electron chi connectivity index (χ4n) is 1.62. The van der Waals surface area contributed by atoms with Crippen molar-refractivity contribution in [2.24, 2.45) is 0 Å². The first kappa shape index (κ1) is 21.9. The Morgan fingerprint density at radius 1 is 0.762 bits per heavy atom. The second-order valence-electron chi connectivity index (χ2n) is 4.88. The predicted molar refractivity (Wildman–Crippen MR) is 85.6 cm³/mol. The number of aliphatic carboxylic acids is 2. The van der Waals surface area contributed by atoms with Gasteiger partial charge in [-0.15, -0.1) is 0 Å². The Morgan fingerprint density at radius 3 is 1.43 bits per heavy atom. The molecule has 0 fully saturated rings.